The van der Waals surface area contributed by atoms with Gasteiger partial charge in [0.1, 0.15) is 5.00 Å². The molecule has 0 radical (unpaired) electrons. The summed E-state index contributed by atoms with van der Waals surface area (Å²) in [6.07, 6.45) is 2.91. The number of benzene rings is 2. The summed E-state index contributed by atoms with van der Waals surface area (Å²) in [5, 5.41) is 8.10. The van der Waals surface area contributed by atoms with Crippen LogP contribution in [0.5, 0.6) is 11.5 Å². The molecule has 0 saturated carbocycles. The molecule has 0 unspecified atom stereocenters. The Kier molecular flexibility index (Phi) is 7.81. The Bertz CT molecular complexity index is 1160. The van der Waals surface area contributed by atoms with E-state index in [9.17, 15) is 4.79 Å². The molecule has 2 aromatic carbocycles. The van der Waals surface area contributed by atoms with Crippen molar-refractivity contribution < 1.29 is 14.3 Å². The van der Waals surface area contributed by atoms with Gasteiger partial charge in [-0.1, -0.05) is 29.8 Å². The normalized spacial score (nSPS) is 16.2. The van der Waals surface area contributed by atoms with Crippen LogP contribution in [0.4, 0.5) is 15.5 Å². The van der Waals surface area contributed by atoms with Crippen LogP contribution in [0.3, 0.4) is 0 Å². The summed E-state index contributed by atoms with van der Waals surface area (Å²) in [7, 11) is 0. The van der Waals surface area contributed by atoms with Gasteiger partial charge in [-0.3, -0.25) is 10.2 Å². The number of anilines is 2. The Hall–Kier alpha value is -2.68. The average molecular weight is 515 g/mol. The van der Waals surface area contributed by atoms with Crippen LogP contribution in [0.2, 0.25) is 5.02 Å². The van der Waals surface area contributed by atoms with Gasteiger partial charge < -0.3 is 19.7 Å². The van der Waals surface area contributed by atoms with E-state index in [1.165, 1.54) is 17.0 Å². The molecule has 3 heterocycles. The minimum atomic E-state index is -0.206. The van der Waals surface area contributed by atoms with E-state index >= 15 is 0 Å². The Morgan fingerprint density at radius 3 is 2.63 bits per heavy atom. The molecule has 0 bridgehead atoms. The zero-order chi connectivity index (χ0) is 24.0. The first kappa shape index (κ1) is 24.0. The second kappa shape index (κ2) is 11.4. The molecule has 2 aliphatic heterocycles. The van der Waals surface area contributed by atoms with E-state index in [0.717, 1.165) is 73.6 Å². The topological polar surface area (TPSA) is 66.1 Å². The molecule has 0 aliphatic carbocycles. The number of fused-ring (bicyclic) bond motifs is 2. The number of urea groups is 1. The highest BCUT2D eigenvalue weighted by Gasteiger charge is 2.19. The quantitative estimate of drug-likeness (QED) is 0.411. The summed E-state index contributed by atoms with van der Waals surface area (Å²) < 4.78 is 12.7. The fourth-order valence-corrected chi connectivity index (χ4v) is 5.86. The number of nitrogens with zero attached hydrogens (tertiary/aromatic N) is 2. The highest BCUT2D eigenvalue weighted by Crippen LogP contribution is 2.39. The maximum atomic E-state index is 12.3. The van der Waals surface area contributed by atoms with E-state index in [2.05, 4.69) is 32.6 Å². The number of thiophene rings is 1. The molecule has 186 valence electrons. The molecular weight excluding hydrogens is 484 g/mol. The maximum absolute atomic E-state index is 12.3. The molecule has 1 fully saturated rings. The van der Waals surface area contributed by atoms with Gasteiger partial charge in [0.25, 0.3) is 0 Å². The summed E-state index contributed by atoms with van der Waals surface area (Å²) >= 11 is 7.90. The molecular formula is C26H31ClN4O3S. The van der Waals surface area contributed by atoms with Crippen molar-refractivity contribution in [2.45, 2.75) is 19.3 Å². The van der Waals surface area contributed by atoms with Crippen LogP contribution in [-0.2, 0) is 0 Å². The smallest absolute Gasteiger partial charge is 0.319 e. The van der Waals surface area contributed by atoms with Crippen molar-refractivity contribution >= 4 is 49.7 Å². The second-order valence-electron chi connectivity index (χ2n) is 8.84. The summed E-state index contributed by atoms with van der Waals surface area (Å²) in [6.45, 7) is 7.17. The summed E-state index contributed by atoms with van der Waals surface area (Å²) in [4.78, 5) is 17.2. The Labute approximate surface area is 214 Å². The Balaban J connectivity index is 0.995. The van der Waals surface area contributed by atoms with Crippen LogP contribution in [0.25, 0.3) is 10.1 Å². The summed E-state index contributed by atoms with van der Waals surface area (Å²) in [6, 6.07) is 14.0. The lowest BCUT2D eigenvalue weighted by Gasteiger charge is -2.36. The molecule has 7 nitrogen and oxygen atoms in total. The van der Waals surface area contributed by atoms with Crippen molar-refractivity contribution in [3.63, 3.8) is 0 Å². The predicted molar refractivity (Wildman–Crippen MR) is 144 cm³/mol. The van der Waals surface area contributed by atoms with Gasteiger partial charge in [0.15, 0.2) is 11.5 Å². The standard InChI is InChI=1S/C26H31ClN4O3S/c27-24-20-6-1-2-7-23(20)35-25(24)29-26(32)28-10-3-4-11-30-12-14-31(15-13-30)19-8-9-21-22(18-19)34-17-5-16-33-21/h1-2,6-9,18H,3-5,10-17H2,(H2,28,29,32). The van der Waals surface area contributed by atoms with E-state index < -0.39 is 0 Å². The number of piperazine rings is 1. The third-order valence-corrected chi connectivity index (χ3v) is 8.01. The van der Waals surface area contributed by atoms with Gasteiger partial charge in [-0.15, -0.1) is 11.3 Å². The number of ether oxygens (including phenoxy) is 2. The second-order valence-corrected chi connectivity index (χ2v) is 10.3. The molecule has 5 rings (SSSR count). The number of carbonyl (C=O) groups excluding carboxylic acids is 1. The predicted octanol–water partition coefficient (Wildman–Crippen LogP) is 5.44. The van der Waals surface area contributed by atoms with E-state index in [-0.39, 0.29) is 6.03 Å². The average Bonchev–Trinajstić information content (AvgIpc) is 3.04. The number of hydrogen-bond donors (Lipinski definition) is 2. The summed E-state index contributed by atoms with van der Waals surface area (Å²) in [5.74, 6) is 1.70. The molecule has 2 aliphatic rings. The first-order valence-electron chi connectivity index (χ1n) is 12.3. The largest absolute Gasteiger partial charge is 0.490 e. The molecule has 1 saturated heterocycles. The molecule has 0 spiro atoms. The van der Waals surface area contributed by atoms with Crippen molar-refractivity contribution in [2.75, 3.05) is 62.7 Å². The molecule has 9 heteroatoms. The number of amides is 2. The lowest BCUT2D eigenvalue weighted by molar-refractivity contribution is 0.247. The Morgan fingerprint density at radius 2 is 1.80 bits per heavy atom. The number of nitrogens with one attached hydrogen (secondary N) is 2. The number of halogens is 1. The minimum absolute atomic E-state index is 0.206. The Morgan fingerprint density at radius 1 is 1.00 bits per heavy atom. The molecule has 35 heavy (non-hydrogen) atoms. The van der Waals surface area contributed by atoms with Crippen LogP contribution in [0.15, 0.2) is 42.5 Å². The zero-order valence-electron chi connectivity index (χ0n) is 19.7. The first-order chi connectivity index (χ1) is 17.2. The zero-order valence-corrected chi connectivity index (χ0v) is 21.3. The molecule has 0 atom stereocenters. The number of hydrogen-bond acceptors (Lipinski definition) is 6. The monoisotopic (exact) mass is 514 g/mol. The van der Waals surface area contributed by atoms with E-state index in [1.54, 1.807) is 0 Å². The van der Waals surface area contributed by atoms with E-state index in [1.807, 2.05) is 30.3 Å². The van der Waals surface area contributed by atoms with Gasteiger partial charge in [0.2, 0.25) is 0 Å². The minimum Gasteiger partial charge on any atom is -0.490 e. The van der Waals surface area contributed by atoms with E-state index in [0.29, 0.717) is 29.8 Å². The number of unbranched alkanes of at least 4 members (excludes halogenated alkanes) is 1. The fraction of sp³-hybridized carbons (Fsp3) is 0.423. The third-order valence-electron chi connectivity index (χ3n) is 6.42. The highest BCUT2D eigenvalue weighted by atomic mass is 35.5. The van der Waals surface area contributed by atoms with Gasteiger partial charge in [0.05, 0.1) is 18.2 Å². The lowest BCUT2D eigenvalue weighted by atomic mass is 10.2. The molecule has 2 N–H and O–H groups in total. The lowest BCUT2D eigenvalue weighted by Crippen LogP contribution is -2.46. The van der Waals surface area contributed by atoms with Crippen molar-refractivity contribution in [1.29, 1.82) is 0 Å². The number of rotatable bonds is 7. The molecule has 1 aromatic heterocycles. The van der Waals surface area contributed by atoms with Crippen LogP contribution in [-0.4, -0.2) is 63.4 Å². The first-order valence-corrected chi connectivity index (χ1v) is 13.5. The molecule has 3 aromatic rings. The van der Waals surface area contributed by atoms with Crippen molar-refractivity contribution in [3.05, 3.63) is 47.5 Å². The van der Waals surface area contributed by atoms with Crippen molar-refractivity contribution in [1.82, 2.24) is 10.2 Å². The van der Waals surface area contributed by atoms with Gasteiger partial charge in [-0.2, -0.15) is 0 Å². The maximum Gasteiger partial charge on any atom is 0.319 e. The fourth-order valence-electron chi connectivity index (χ4n) is 4.48. The molecule has 2 amide bonds. The highest BCUT2D eigenvalue weighted by molar-refractivity contribution is 7.23. The summed E-state index contributed by atoms with van der Waals surface area (Å²) in [5.41, 5.74) is 1.20. The van der Waals surface area contributed by atoms with Gasteiger partial charge >= 0.3 is 6.03 Å². The van der Waals surface area contributed by atoms with E-state index in [4.69, 9.17) is 21.1 Å². The van der Waals surface area contributed by atoms with Crippen LogP contribution in [0, 0.1) is 0 Å². The third kappa shape index (κ3) is 5.94. The van der Waals surface area contributed by atoms with Gasteiger partial charge in [-0.05, 0) is 37.6 Å². The van der Waals surface area contributed by atoms with Crippen LogP contribution < -0.4 is 25.0 Å². The van der Waals surface area contributed by atoms with Crippen molar-refractivity contribution in [3.8, 4) is 11.5 Å². The van der Waals surface area contributed by atoms with Gasteiger partial charge in [-0.25, -0.2) is 4.79 Å². The van der Waals surface area contributed by atoms with Gasteiger partial charge in [0, 0.05) is 61.0 Å². The van der Waals surface area contributed by atoms with Crippen LogP contribution in [0.1, 0.15) is 19.3 Å². The van der Waals surface area contributed by atoms with Crippen LogP contribution >= 0.6 is 22.9 Å². The van der Waals surface area contributed by atoms with Crippen molar-refractivity contribution in [2.24, 2.45) is 0 Å². The number of carbonyl (C=O) groups is 1. The SMILES string of the molecule is O=C(NCCCCN1CCN(c2ccc3c(c2)OCCCO3)CC1)Nc1sc2ccccc2c1Cl.